The number of ether oxygens (including phenoxy) is 1. The molecule has 20 heavy (non-hydrogen) atoms. The molecule has 1 saturated carbocycles. The van der Waals surface area contributed by atoms with Crippen molar-refractivity contribution in [3.8, 4) is 5.75 Å². The molecule has 1 fully saturated rings. The highest BCUT2D eigenvalue weighted by Gasteiger charge is 2.29. The maximum absolute atomic E-state index is 12.3. The minimum Gasteiger partial charge on any atom is -0.497 e. The molecule has 1 aromatic carbocycles. The number of benzene rings is 1. The summed E-state index contributed by atoms with van der Waals surface area (Å²) in [6.45, 7) is 0.842. The van der Waals surface area contributed by atoms with E-state index in [0.29, 0.717) is 5.78 Å². The van der Waals surface area contributed by atoms with Gasteiger partial charge in [0, 0.05) is 12.5 Å². The highest BCUT2D eigenvalue weighted by molar-refractivity contribution is 6.03. The van der Waals surface area contributed by atoms with E-state index in [1.807, 2.05) is 44.4 Å². The number of nitrogens with zero attached hydrogens (tertiary/aromatic N) is 1. The molecule has 0 radical (unpaired) electrons. The van der Waals surface area contributed by atoms with Crippen LogP contribution >= 0.6 is 12.4 Å². The predicted molar refractivity (Wildman–Crippen MR) is 84.5 cm³/mol. The topological polar surface area (TPSA) is 29.5 Å². The zero-order valence-electron chi connectivity index (χ0n) is 12.3. The first-order chi connectivity index (χ1) is 9.10. The number of allylic oxidation sites excluding steroid dienone is 1. The number of hydrogen-bond donors (Lipinski definition) is 0. The van der Waals surface area contributed by atoms with Crippen molar-refractivity contribution in [2.75, 3.05) is 27.7 Å². The van der Waals surface area contributed by atoms with Crippen LogP contribution in [0, 0.1) is 5.92 Å². The maximum Gasteiger partial charge on any atom is 0.163 e. The van der Waals surface area contributed by atoms with Crippen molar-refractivity contribution in [3.05, 3.63) is 35.4 Å². The molecule has 2 rings (SSSR count). The first-order valence-corrected chi connectivity index (χ1v) is 6.63. The molecule has 0 aromatic heterocycles. The molecular weight excluding hydrogens is 274 g/mol. The van der Waals surface area contributed by atoms with Crippen molar-refractivity contribution >= 4 is 24.3 Å². The summed E-state index contributed by atoms with van der Waals surface area (Å²) in [4.78, 5) is 14.4. The Morgan fingerprint density at radius 1 is 1.40 bits per heavy atom. The Morgan fingerprint density at radius 3 is 2.80 bits per heavy atom. The molecule has 1 aromatic rings. The molecule has 0 spiro atoms. The van der Waals surface area contributed by atoms with Crippen LogP contribution in [0.4, 0.5) is 0 Å². The number of hydrogen-bond acceptors (Lipinski definition) is 3. The average molecular weight is 296 g/mol. The first kappa shape index (κ1) is 16.7. The Morgan fingerprint density at radius 2 is 2.15 bits per heavy atom. The van der Waals surface area contributed by atoms with Gasteiger partial charge in [0.15, 0.2) is 5.78 Å². The highest BCUT2D eigenvalue weighted by Crippen LogP contribution is 2.29. The maximum atomic E-state index is 12.3. The summed E-state index contributed by atoms with van der Waals surface area (Å²) < 4.78 is 5.20. The van der Waals surface area contributed by atoms with E-state index >= 15 is 0 Å². The fourth-order valence-corrected chi connectivity index (χ4v) is 2.54. The number of carbonyl (C=O) groups excluding carboxylic acids is 1. The van der Waals surface area contributed by atoms with Gasteiger partial charge in [-0.15, -0.1) is 12.4 Å². The van der Waals surface area contributed by atoms with Gasteiger partial charge in [0.1, 0.15) is 5.75 Å². The second kappa shape index (κ2) is 7.46. The standard InChI is InChI=1S/C16H21NO2.ClH/c1-17(2)11-14-8-7-13(16(14)18)9-12-5-4-6-15(10-12)19-3;/h4-6,9-10,14H,7-8,11H2,1-3H3;1H/b13-9-;. The first-order valence-electron chi connectivity index (χ1n) is 6.63. The van der Waals surface area contributed by atoms with E-state index < -0.39 is 0 Å². The van der Waals surface area contributed by atoms with Crippen LogP contribution in [0.15, 0.2) is 29.8 Å². The molecule has 3 nitrogen and oxygen atoms in total. The number of rotatable bonds is 4. The van der Waals surface area contributed by atoms with Gasteiger partial charge in [-0.3, -0.25) is 4.79 Å². The van der Waals surface area contributed by atoms with Gasteiger partial charge in [0.25, 0.3) is 0 Å². The second-order valence-electron chi connectivity index (χ2n) is 5.31. The van der Waals surface area contributed by atoms with Crippen molar-refractivity contribution in [1.29, 1.82) is 0 Å². The Labute approximate surface area is 127 Å². The fraction of sp³-hybridized carbons (Fsp3) is 0.438. The van der Waals surface area contributed by atoms with E-state index in [4.69, 9.17) is 4.74 Å². The SMILES string of the molecule is COc1cccc(/C=C2/CCC(CN(C)C)C2=O)c1.Cl. The largest absolute Gasteiger partial charge is 0.497 e. The molecular formula is C16H22ClNO2. The fourth-order valence-electron chi connectivity index (χ4n) is 2.54. The van der Waals surface area contributed by atoms with Gasteiger partial charge in [-0.2, -0.15) is 0 Å². The van der Waals surface area contributed by atoms with Crippen LogP contribution in [-0.4, -0.2) is 38.4 Å². The van der Waals surface area contributed by atoms with Crippen molar-refractivity contribution in [2.24, 2.45) is 5.92 Å². The van der Waals surface area contributed by atoms with Crippen LogP contribution in [0.1, 0.15) is 18.4 Å². The average Bonchev–Trinajstić information content (AvgIpc) is 2.71. The summed E-state index contributed by atoms with van der Waals surface area (Å²) in [5.74, 6) is 1.29. The Balaban J connectivity index is 0.00000200. The van der Waals surface area contributed by atoms with Gasteiger partial charge in [-0.05, 0) is 56.3 Å². The van der Waals surface area contributed by atoms with E-state index in [0.717, 1.165) is 36.3 Å². The van der Waals surface area contributed by atoms with Crippen LogP contribution in [0.5, 0.6) is 5.75 Å². The predicted octanol–water partition coefficient (Wildman–Crippen LogP) is 3.04. The third-order valence-corrected chi connectivity index (χ3v) is 3.47. The third kappa shape index (κ3) is 4.09. The number of methoxy groups -OCH3 is 1. The number of carbonyl (C=O) groups is 1. The molecule has 110 valence electrons. The molecule has 1 aliphatic rings. The monoisotopic (exact) mass is 295 g/mol. The van der Waals surface area contributed by atoms with Crippen molar-refractivity contribution in [3.63, 3.8) is 0 Å². The number of ketones is 1. The molecule has 1 aliphatic carbocycles. The Bertz CT molecular complexity index is 497. The summed E-state index contributed by atoms with van der Waals surface area (Å²) in [5, 5.41) is 0. The van der Waals surface area contributed by atoms with E-state index in [9.17, 15) is 4.79 Å². The lowest BCUT2D eigenvalue weighted by molar-refractivity contribution is -0.118. The van der Waals surface area contributed by atoms with Crippen LogP contribution in [0.2, 0.25) is 0 Å². The van der Waals surface area contributed by atoms with Crippen LogP contribution in [0.3, 0.4) is 0 Å². The number of Topliss-reactive ketones (excluding diaryl/α,β-unsaturated/α-hetero) is 1. The normalized spacial score (nSPS) is 20.3. The third-order valence-electron chi connectivity index (χ3n) is 3.47. The molecule has 0 bridgehead atoms. The van der Waals surface area contributed by atoms with Crippen molar-refractivity contribution in [1.82, 2.24) is 4.90 Å². The van der Waals surface area contributed by atoms with Crippen molar-refractivity contribution < 1.29 is 9.53 Å². The summed E-state index contributed by atoms with van der Waals surface area (Å²) >= 11 is 0. The van der Waals surface area contributed by atoms with Crippen LogP contribution in [0.25, 0.3) is 6.08 Å². The highest BCUT2D eigenvalue weighted by atomic mass is 35.5. The number of halogens is 1. The molecule has 0 heterocycles. The van der Waals surface area contributed by atoms with Gasteiger partial charge in [-0.1, -0.05) is 12.1 Å². The summed E-state index contributed by atoms with van der Waals surface area (Å²) in [7, 11) is 5.67. The molecule has 0 aliphatic heterocycles. The van der Waals surface area contributed by atoms with Gasteiger partial charge in [0.2, 0.25) is 0 Å². The van der Waals surface area contributed by atoms with E-state index in [1.54, 1.807) is 7.11 Å². The lowest BCUT2D eigenvalue weighted by atomic mass is 10.0. The van der Waals surface area contributed by atoms with Gasteiger partial charge in [-0.25, -0.2) is 0 Å². The Kier molecular flexibility index (Phi) is 6.24. The lowest BCUT2D eigenvalue weighted by Gasteiger charge is -2.13. The Hall–Kier alpha value is -1.32. The van der Waals surface area contributed by atoms with E-state index in [-0.39, 0.29) is 18.3 Å². The summed E-state index contributed by atoms with van der Waals surface area (Å²) in [5.41, 5.74) is 1.98. The summed E-state index contributed by atoms with van der Waals surface area (Å²) in [6, 6.07) is 7.82. The van der Waals surface area contributed by atoms with Crippen molar-refractivity contribution in [2.45, 2.75) is 12.8 Å². The van der Waals surface area contributed by atoms with E-state index in [2.05, 4.69) is 4.90 Å². The zero-order valence-corrected chi connectivity index (χ0v) is 13.1. The smallest absolute Gasteiger partial charge is 0.163 e. The summed E-state index contributed by atoms with van der Waals surface area (Å²) in [6.07, 6.45) is 3.85. The molecule has 0 saturated heterocycles. The lowest BCUT2D eigenvalue weighted by Crippen LogP contribution is -2.24. The minimum absolute atomic E-state index is 0. The molecule has 0 N–H and O–H groups in total. The van der Waals surface area contributed by atoms with E-state index in [1.165, 1.54) is 0 Å². The quantitative estimate of drug-likeness (QED) is 0.800. The van der Waals surface area contributed by atoms with Crippen LogP contribution in [-0.2, 0) is 4.79 Å². The van der Waals surface area contributed by atoms with Gasteiger partial charge >= 0.3 is 0 Å². The molecule has 0 amide bonds. The zero-order chi connectivity index (χ0) is 13.8. The second-order valence-corrected chi connectivity index (χ2v) is 5.31. The van der Waals surface area contributed by atoms with Gasteiger partial charge < -0.3 is 9.64 Å². The van der Waals surface area contributed by atoms with Crippen LogP contribution < -0.4 is 4.74 Å². The molecule has 1 atom stereocenters. The molecule has 4 heteroatoms. The van der Waals surface area contributed by atoms with Gasteiger partial charge in [0.05, 0.1) is 7.11 Å². The minimum atomic E-state index is 0. The molecule has 1 unspecified atom stereocenters.